The molecule has 80 valence electrons. The van der Waals surface area contributed by atoms with Crippen LogP contribution in [0.2, 0.25) is 0 Å². The van der Waals surface area contributed by atoms with Crippen LogP contribution in [0.3, 0.4) is 0 Å². The highest BCUT2D eigenvalue weighted by molar-refractivity contribution is 5.54. The van der Waals surface area contributed by atoms with Crippen molar-refractivity contribution in [3.8, 4) is 17.6 Å². The van der Waals surface area contributed by atoms with Gasteiger partial charge in [-0.3, -0.25) is 0 Å². The number of nitriles is 1. The minimum atomic E-state index is -0.0514. The van der Waals surface area contributed by atoms with Gasteiger partial charge < -0.3 is 14.7 Å². The zero-order valence-electron chi connectivity index (χ0n) is 8.57. The lowest BCUT2D eigenvalue weighted by Crippen LogP contribution is -2.10. The van der Waals surface area contributed by atoms with Crippen molar-refractivity contribution >= 4 is 0 Å². The molecule has 0 radical (unpaired) electrons. The van der Waals surface area contributed by atoms with E-state index in [1.54, 1.807) is 6.07 Å². The molecular weight excluding hydrogens is 196 g/mol. The highest BCUT2D eigenvalue weighted by atomic mass is 16.6. The largest absolute Gasteiger partial charge is 0.504 e. The third-order valence-electron chi connectivity index (χ3n) is 1.87. The molecule has 15 heavy (non-hydrogen) atoms. The van der Waals surface area contributed by atoms with Crippen molar-refractivity contribution in [2.75, 3.05) is 14.2 Å². The number of rotatable bonds is 4. The second-order valence-corrected chi connectivity index (χ2v) is 2.83. The fraction of sp³-hybridized carbons (Fsp3) is 0.300. The average molecular weight is 208 g/mol. The lowest BCUT2D eigenvalue weighted by atomic mass is 10.1. The van der Waals surface area contributed by atoms with Crippen LogP contribution < -0.4 is 10.2 Å². The first-order chi connectivity index (χ1) is 7.22. The lowest BCUT2D eigenvalue weighted by Gasteiger charge is -2.08. The summed E-state index contributed by atoms with van der Waals surface area (Å²) < 4.78 is 4.90. The minimum absolute atomic E-state index is 0.0514. The van der Waals surface area contributed by atoms with Gasteiger partial charge in [-0.15, -0.1) is 0 Å². The molecule has 5 heteroatoms. The Kier molecular flexibility index (Phi) is 3.92. The molecule has 0 bridgehead atoms. The molecule has 0 aliphatic heterocycles. The van der Waals surface area contributed by atoms with E-state index in [9.17, 15) is 5.11 Å². The summed E-state index contributed by atoms with van der Waals surface area (Å²) in [6.45, 7) is 0.405. The number of phenols is 1. The van der Waals surface area contributed by atoms with E-state index >= 15 is 0 Å². The van der Waals surface area contributed by atoms with Gasteiger partial charge in [0.25, 0.3) is 0 Å². The highest BCUT2D eigenvalue weighted by Crippen LogP contribution is 2.30. The molecule has 0 atom stereocenters. The van der Waals surface area contributed by atoms with Crippen LogP contribution in [0.15, 0.2) is 12.1 Å². The standard InChI is InChI=1S/C10H12N2O3/c1-14-10-8(5-11)3-7(4-9(10)13)6-12-15-2/h3-4,12-13H,6H2,1-2H3. The summed E-state index contributed by atoms with van der Waals surface area (Å²) in [5, 5.41) is 18.4. The molecular formula is C10H12N2O3. The first-order valence-electron chi connectivity index (χ1n) is 4.28. The first kappa shape index (κ1) is 11.3. The molecule has 0 amide bonds. The normalized spacial score (nSPS) is 9.67. The fourth-order valence-electron chi connectivity index (χ4n) is 1.23. The zero-order chi connectivity index (χ0) is 11.3. The molecule has 0 aromatic heterocycles. The van der Waals surface area contributed by atoms with Crippen molar-refractivity contribution in [3.63, 3.8) is 0 Å². The molecule has 0 aliphatic rings. The predicted molar refractivity (Wildman–Crippen MR) is 53.2 cm³/mol. The van der Waals surface area contributed by atoms with Crippen LogP contribution in [0.5, 0.6) is 11.5 Å². The van der Waals surface area contributed by atoms with Crippen molar-refractivity contribution in [3.05, 3.63) is 23.3 Å². The van der Waals surface area contributed by atoms with Crippen LogP contribution in [-0.2, 0) is 11.4 Å². The van der Waals surface area contributed by atoms with E-state index in [2.05, 4.69) is 10.3 Å². The Hall–Kier alpha value is -1.77. The monoisotopic (exact) mass is 208 g/mol. The molecule has 0 unspecified atom stereocenters. The van der Waals surface area contributed by atoms with Crippen LogP contribution in [-0.4, -0.2) is 19.3 Å². The number of methoxy groups -OCH3 is 1. The van der Waals surface area contributed by atoms with Gasteiger partial charge in [-0.25, -0.2) is 0 Å². The van der Waals surface area contributed by atoms with Crippen LogP contribution in [0.4, 0.5) is 0 Å². The number of nitrogens with zero attached hydrogens (tertiary/aromatic N) is 1. The summed E-state index contributed by atoms with van der Waals surface area (Å²) in [5.74, 6) is 0.142. The lowest BCUT2D eigenvalue weighted by molar-refractivity contribution is 0.0866. The number of benzene rings is 1. The number of phenolic OH excluding ortho intramolecular Hbond substituents is 1. The van der Waals surface area contributed by atoms with E-state index in [4.69, 9.17) is 10.00 Å². The molecule has 1 rings (SSSR count). The van der Waals surface area contributed by atoms with Crippen molar-refractivity contribution < 1.29 is 14.7 Å². The fourth-order valence-corrected chi connectivity index (χ4v) is 1.23. The van der Waals surface area contributed by atoms with E-state index in [-0.39, 0.29) is 11.5 Å². The molecule has 0 heterocycles. The summed E-state index contributed by atoms with van der Waals surface area (Å²) in [6.07, 6.45) is 0. The summed E-state index contributed by atoms with van der Waals surface area (Å²) in [7, 11) is 2.90. The Bertz CT molecular complexity index is 385. The highest BCUT2D eigenvalue weighted by Gasteiger charge is 2.10. The third-order valence-corrected chi connectivity index (χ3v) is 1.87. The van der Waals surface area contributed by atoms with Crippen LogP contribution in [0.1, 0.15) is 11.1 Å². The number of ether oxygens (including phenoxy) is 1. The number of hydrogen-bond acceptors (Lipinski definition) is 5. The Morgan fingerprint density at radius 3 is 2.73 bits per heavy atom. The van der Waals surface area contributed by atoms with E-state index in [0.29, 0.717) is 12.1 Å². The van der Waals surface area contributed by atoms with E-state index < -0.39 is 0 Å². The molecule has 0 aliphatic carbocycles. The Balaban J connectivity index is 3.04. The molecule has 2 N–H and O–H groups in total. The van der Waals surface area contributed by atoms with E-state index in [0.717, 1.165) is 5.56 Å². The average Bonchev–Trinajstić information content (AvgIpc) is 2.25. The van der Waals surface area contributed by atoms with Crippen molar-refractivity contribution in [2.24, 2.45) is 0 Å². The van der Waals surface area contributed by atoms with Crippen LogP contribution in [0, 0.1) is 11.3 Å². The summed E-state index contributed by atoms with van der Waals surface area (Å²) in [4.78, 5) is 4.67. The predicted octanol–water partition coefficient (Wildman–Crippen LogP) is 0.923. The smallest absolute Gasteiger partial charge is 0.178 e. The Morgan fingerprint density at radius 2 is 2.20 bits per heavy atom. The van der Waals surface area contributed by atoms with Crippen molar-refractivity contribution in [1.82, 2.24) is 5.48 Å². The summed E-state index contributed by atoms with van der Waals surface area (Å²) in [5.41, 5.74) is 3.66. The molecule has 1 aromatic rings. The quantitative estimate of drug-likeness (QED) is 0.720. The van der Waals surface area contributed by atoms with Crippen LogP contribution >= 0.6 is 0 Å². The van der Waals surface area contributed by atoms with Gasteiger partial charge in [0.2, 0.25) is 0 Å². The molecule has 5 nitrogen and oxygen atoms in total. The van der Waals surface area contributed by atoms with Gasteiger partial charge in [0.05, 0.1) is 19.8 Å². The minimum Gasteiger partial charge on any atom is -0.504 e. The Labute approximate surface area is 87.8 Å². The molecule has 0 saturated carbocycles. The third kappa shape index (κ3) is 2.59. The van der Waals surface area contributed by atoms with Gasteiger partial charge in [0, 0.05) is 6.54 Å². The van der Waals surface area contributed by atoms with Gasteiger partial charge in [0.15, 0.2) is 11.5 Å². The number of hydroxylamine groups is 1. The van der Waals surface area contributed by atoms with Gasteiger partial charge in [-0.05, 0) is 17.7 Å². The second kappa shape index (κ2) is 5.20. The maximum Gasteiger partial charge on any atom is 0.178 e. The molecule has 1 aromatic carbocycles. The SMILES string of the molecule is CONCc1cc(O)c(OC)c(C#N)c1. The van der Waals surface area contributed by atoms with E-state index in [1.165, 1.54) is 20.3 Å². The van der Waals surface area contributed by atoms with Crippen LogP contribution in [0.25, 0.3) is 0 Å². The number of aromatic hydroxyl groups is 1. The first-order valence-corrected chi connectivity index (χ1v) is 4.28. The zero-order valence-corrected chi connectivity index (χ0v) is 8.57. The maximum atomic E-state index is 9.56. The summed E-state index contributed by atoms with van der Waals surface area (Å²) in [6, 6.07) is 5.10. The van der Waals surface area contributed by atoms with Crippen molar-refractivity contribution in [2.45, 2.75) is 6.54 Å². The molecule has 0 saturated heterocycles. The van der Waals surface area contributed by atoms with Crippen molar-refractivity contribution in [1.29, 1.82) is 5.26 Å². The molecule has 0 fully saturated rings. The number of nitrogens with one attached hydrogen (secondary N) is 1. The van der Waals surface area contributed by atoms with Gasteiger partial charge >= 0.3 is 0 Å². The number of hydrogen-bond donors (Lipinski definition) is 2. The van der Waals surface area contributed by atoms with E-state index in [1.807, 2.05) is 6.07 Å². The topological polar surface area (TPSA) is 74.5 Å². The van der Waals surface area contributed by atoms with Gasteiger partial charge in [-0.1, -0.05) is 0 Å². The second-order valence-electron chi connectivity index (χ2n) is 2.83. The summed E-state index contributed by atoms with van der Waals surface area (Å²) >= 11 is 0. The molecule has 0 spiro atoms. The van der Waals surface area contributed by atoms with Gasteiger partial charge in [-0.2, -0.15) is 10.7 Å². The Morgan fingerprint density at radius 1 is 1.47 bits per heavy atom. The maximum absolute atomic E-state index is 9.56. The van der Waals surface area contributed by atoms with Gasteiger partial charge in [0.1, 0.15) is 6.07 Å².